The number of hydrogen-bond donors (Lipinski definition) is 1. The Bertz CT molecular complexity index is 351. The quantitative estimate of drug-likeness (QED) is 0.767. The first-order valence-electron chi connectivity index (χ1n) is 5.25. The van der Waals surface area contributed by atoms with Crippen LogP contribution in [0.15, 0.2) is 24.3 Å². The zero-order valence-corrected chi connectivity index (χ0v) is 8.77. The van der Waals surface area contributed by atoms with E-state index in [1.165, 1.54) is 5.56 Å². The van der Waals surface area contributed by atoms with E-state index in [-0.39, 0.29) is 12.3 Å². The van der Waals surface area contributed by atoms with E-state index >= 15 is 0 Å². The van der Waals surface area contributed by atoms with E-state index < -0.39 is 0 Å². The molecule has 0 aromatic heterocycles. The molecule has 3 heteroatoms. The van der Waals surface area contributed by atoms with Crippen LogP contribution in [0.5, 0.6) is 0 Å². The third kappa shape index (κ3) is 2.36. The SMILES string of the molecule is CC(C=O)OC1CCc2ccccc2N1. The highest BCUT2D eigenvalue weighted by Crippen LogP contribution is 2.24. The summed E-state index contributed by atoms with van der Waals surface area (Å²) in [6.07, 6.45) is 2.35. The molecule has 1 N–H and O–H groups in total. The second-order valence-electron chi connectivity index (χ2n) is 3.81. The maximum Gasteiger partial charge on any atom is 0.148 e. The monoisotopic (exact) mass is 205 g/mol. The van der Waals surface area contributed by atoms with Crippen molar-refractivity contribution in [1.82, 2.24) is 0 Å². The van der Waals surface area contributed by atoms with E-state index in [2.05, 4.69) is 11.4 Å². The second kappa shape index (κ2) is 4.45. The highest BCUT2D eigenvalue weighted by atomic mass is 16.5. The number of fused-ring (bicyclic) bond motifs is 1. The van der Waals surface area contributed by atoms with Crippen molar-refractivity contribution in [2.45, 2.75) is 32.1 Å². The molecule has 1 aliphatic rings. The smallest absolute Gasteiger partial charge is 0.148 e. The van der Waals surface area contributed by atoms with E-state index in [0.717, 1.165) is 24.8 Å². The fourth-order valence-corrected chi connectivity index (χ4v) is 1.80. The van der Waals surface area contributed by atoms with Gasteiger partial charge < -0.3 is 14.8 Å². The van der Waals surface area contributed by atoms with Crippen LogP contribution >= 0.6 is 0 Å². The average Bonchev–Trinajstić information content (AvgIpc) is 2.29. The highest BCUT2D eigenvalue weighted by molar-refractivity contribution is 5.56. The number of ether oxygens (including phenoxy) is 1. The summed E-state index contributed by atoms with van der Waals surface area (Å²) >= 11 is 0. The fourth-order valence-electron chi connectivity index (χ4n) is 1.80. The van der Waals surface area contributed by atoms with E-state index in [1.807, 2.05) is 18.2 Å². The Morgan fingerprint density at radius 1 is 1.53 bits per heavy atom. The van der Waals surface area contributed by atoms with Crippen LogP contribution < -0.4 is 5.32 Å². The predicted molar refractivity (Wildman–Crippen MR) is 58.8 cm³/mol. The lowest BCUT2D eigenvalue weighted by atomic mass is 10.0. The number of hydrogen-bond acceptors (Lipinski definition) is 3. The Hall–Kier alpha value is -1.35. The lowest BCUT2D eigenvalue weighted by Crippen LogP contribution is -2.31. The van der Waals surface area contributed by atoms with Crippen LogP contribution in [0.25, 0.3) is 0 Å². The molecule has 1 heterocycles. The Morgan fingerprint density at radius 3 is 3.13 bits per heavy atom. The molecule has 0 bridgehead atoms. The van der Waals surface area contributed by atoms with Crippen LogP contribution in [0, 0.1) is 0 Å². The third-order valence-corrected chi connectivity index (χ3v) is 2.58. The van der Waals surface area contributed by atoms with Gasteiger partial charge in [0.15, 0.2) is 0 Å². The van der Waals surface area contributed by atoms with E-state index in [0.29, 0.717) is 0 Å². The van der Waals surface area contributed by atoms with Crippen LogP contribution in [-0.4, -0.2) is 18.6 Å². The van der Waals surface area contributed by atoms with Crippen molar-refractivity contribution >= 4 is 12.0 Å². The van der Waals surface area contributed by atoms with Gasteiger partial charge in [-0.05, 0) is 31.4 Å². The Labute approximate surface area is 89.4 Å². The summed E-state index contributed by atoms with van der Waals surface area (Å²) in [7, 11) is 0. The summed E-state index contributed by atoms with van der Waals surface area (Å²) in [6, 6.07) is 8.19. The molecule has 0 aliphatic carbocycles. The average molecular weight is 205 g/mol. The summed E-state index contributed by atoms with van der Waals surface area (Å²) in [5.74, 6) is 0. The van der Waals surface area contributed by atoms with Crippen LogP contribution in [-0.2, 0) is 16.0 Å². The molecule has 3 nitrogen and oxygen atoms in total. The molecular formula is C12H15NO2. The lowest BCUT2D eigenvalue weighted by Gasteiger charge is -2.28. The largest absolute Gasteiger partial charge is 0.360 e. The third-order valence-electron chi connectivity index (χ3n) is 2.58. The zero-order valence-electron chi connectivity index (χ0n) is 8.77. The molecule has 1 aromatic rings. The number of rotatable bonds is 3. The number of carbonyl (C=O) groups excluding carboxylic acids is 1. The standard InChI is InChI=1S/C12H15NO2/c1-9(8-14)15-12-7-6-10-4-2-3-5-11(10)13-12/h2-5,8-9,12-13H,6-7H2,1H3. The normalized spacial score (nSPS) is 21.3. The van der Waals surface area contributed by atoms with Gasteiger partial charge in [0, 0.05) is 5.69 Å². The van der Waals surface area contributed by atoms with Crippen LogP contribution in [0.4, 0.5) is 5.69 Å². The van der Waals surface area contributed by atoms with Crippen molar-refractivity contribution in [3.8, 4) is 0 Å². The summed E-state index contributed by atoms with van der Waals surface area (Å²) < 4.78 is 5.52. The summed E-state index contributed by atoms with van der Waals surface area (Å²) in [5, 5.41) is 3.28. The number of para-hydroxylation sites is 1. The molecule has 2 rings (SSSR count). The van der Waals surface area contributed by atoms with Gasteiger partial charge >= 0.3 is 0 Å². The highest BCUT2D eigenvalue weighted by Gasteiger charge is 2.19. The molecular weight excluding hydrogens is 190 g/mol. The first-order valence-corrected chi connectivity index (χ1v) is 5.25. The van der Waals surface area contributed by atoms with Crippen molar-refractivity contribution in [1.29, 1.82) is 0 Å². The first-order chi connectivity index (χ1) is 7.29. The summed E-state index contributed by atoms with van der Waals surface area (Å²) in [6.45, 7) is 1.76. The maximum atomic E-state index is 10.5. The summed E-state index contributed by atoms with van der Waals surface area (Å²) in [4.78, 5) is 10.5. The molecule has 0 radical (unpaired) electrons. The van der Waals surface area contributed by atoms with E-state index in [4.69, 9.17) is 4.74 Å². The van der Waals surface area contributed by atoms with Gasteiger partial charge in [0.25, 0.3) is 0 Å². The predicted octanol–water partition coefficient (Wildman–Crippen LogP) is 1.97. The molecule has 0 amide bonds. The molecule has 2 atom stereocenters. The molecule has 2 unspecified atom stereocenters. The van der Waals surface area contributed by atoms with Crippen LogP contribution in [0.3, 0.4) is 0 Å². The lowest BCUT2D eigenvalue weighted by molar-refractivity contribution is -0.119. The molecule has 0 saturated heterocycles. The van der Waals surface area contributed by atoms with Gasteiger partial charge in [-0.1, -0.05) is 18.2 Å². The number of carbonyl (C=O) groups is 1. The fraction of sp³-hybridized carbons (Fsp3) is 0.417. The van der Waals surface area contributed by atoms with Gasteiger partial charge in [0.05, 0.1) is 0 Å². The Balaban J connectivity index is 2.02. The molecule has 1 aromatic carbocycles. The van der Waals surface area contributed by atoms with Gasteiger partial charge in [0.2, 0.25) is 0 Å². The number of anilines is 1. The minimum absolute atomic E-state index is 0.0416. The number of benzene rings is 1. The van der Waals surface area contributed by atoms with E-state index in [1.54, 1.807) is 6.92 Å². The minimum Gasteiger partial charge on any atom is -0.360 e. The molecule has 15 heavy (non-hydrogen) atoms. The molecule has 0 saturated carbocycles. The van der Waals surface area contributed by atoms with Crippen molar-refractivity contribution in [2.24, 2.45) is 0 Å². The molecule has 0 spiro atoms. The van der Waals surface area contributed by atoms with Gasteiger partial charge in [-0.25, -0.2) is 0 Å². The second-order valence-corrected chi connectivity index (χ2v) is 3.81. The molecule has 1 aliphatic heterocycles. The van der Waals surface area contributed by atoms with Crippen molar-refractivity contribution in [3.63, 3.8) is 0 Å². The zero-order chi connectivity index (χ0) is 10.7. The first kappa shape index (κ1) is 10.2. The number of aldehydes is 1. The minimum atomic E-state index is -0.340. The Morgan fingerprint density at radius 2 is 2.33 bits per heavy atom. The van der Waals surface area contributed by atoms with Gasteiger partial charge in [-0.2, -0.15) is 0 Å². The van der Waals surface area contributed by atoms with Gasteiger partial charge in [-0.3, -0.25) is 0 Å². The molecule has 80 valence electrons. The number of nitrogens with one attached hydrogen (secondary N) is 1. The van der Waals surface area contributed by atoms with Gasteiger partial charge in [0.1, 0.15) is 18.6 Å². The topological polar surface area (TPSA) is 38.3 Å². The number of aryl methyl sites for hydroxylation is 1. The van der Waals surface area contributed by atoms with Crippen molar-refractivity contribution < 1.29 is 9.53 Å². The van der Waals surface area contributed by atoms with Gasteiger partial charge in [-0.15, -0.1) is 0 Å². The van der Waals surface area contributed by atoms with E-state index in [9.17, 15) is 4.79 Å². The molecule has 0 fully saturated rings. The summed E-state index contributed by atoms with van der Waals surface area (Å²) in [5.41, 5.74) is 2.43. The van der Waals surface area contributed by atoms with Crippen molar-refractivity contribution in [3.05, 3.63) is 29.8 Å². The Kier molecular flexibility index (Phi) is 3.02. The van der Waals surface area contributed by atoms with Crippen LogP contribution in [0.2, 0.25) is 0 Å². The van der Waals surface area contributed by atoms with Crippen LogP contribution in [0.1, 0.15) is 18.9 Å². The van der Waals surface area contributed by atoms with Crippen molar-refractivity contribution in [2.75, 3.05) is 5.32 Å². The maximum absolute atomic E-state index is 10.5.